The molecule has 2 rings (SSSR count). The minimum atomic E-state index is 0.322. The highest BCUT2D eigenvalue weighted by molar-refractivity contribution is 7.98. The maximum atomic E-state index is 3.57. The molecule has 0 aliphatic heterocycles. The first-order valence-corrected chi connectivity index (χ1v) is 8.45. The van der Waals surface area contributed by atoms with Crippen molar-refractivity contribution in [1.82, 2.24) is 0 Å². The number of rotatable bonds is 6. The highest BCUT2D eigenvalue weighted by atomic mass is 32.2. The second kappa shape index (κ2) is 7.39. The number of hydrogen-bond donors (Lipinski definition) is 1. The first-order chi connectivity index (χ1) is 9.72. The van der Waals surface area contributed by atoms with Gasteiger partial charge < -0.3 is 5.32 Å². The van der Waals surface area contributed by atoms with Crippen LogP contribution in [0.1, 0.15) is 37.4 Å². The second-order valence-corrected chi connectivity index (χ2v) is 5.97. The summed E-state index contributed by atoms with van der Waals surface area (Å²) in [6, 6.07) is 17.9. The first kappa shape index (κ1) is 15.0. The number of thioether (sulfide) groups is 1. The Labute approximate surface area is 126 Å². The lowest BCUT2D eigenvalue weighted by atomic mass is 10.0. The molecule has 1 N–H and O–H groups in total. The van der Waals surface area contributed by atoms with E-state index in [-0.39, 0.29) is 0 Å². The highest BCUT2D eigenvalue weighted by Gasteiger charge is 2.05. The van der Waals surface area contributed by atoms with Gasteiger partial charge in [0.25, 0.3) is 0 Å². The predicted molar refractivity (Wildman–Crippen MR) is 90.7 cm³/mol. The van der Waals surface area contributed by atoms with Crippen LogP contribution >= 0.6 is 11.8 Å². The molecule has 0 bridgehead atoms. The Kier molecular flexibility index (Phi) is 5.54. The van der Waals surface area contributed by atoms with Crippen molar-refractivity contribution < 1.29 is 0 Å². The third-order valence-corrected chi connectivity index (χ3v) is 4.20. The number of benzene rings is 2. The van der Waals surface area contributed by atoms with Crippen molar-refractivity contribution in [2.45, 2.75) is 37.6 Å². The molecule has 1 nitrogen and oxygen atoms in total. The van der Waals surface area contributed by atoms with Gasteiger partial charge in [0, 0.05) is 16.6 Å². The monoisotopic (exact) mass is 285 g/mol. The molecule has 0 aliphatic carbocycles. The largest absolute Gasteiger partial charge is 0.378 e. The van der Waals surface area contributed by atoms with E-state index in [4.69, 9.17) is 0 Å². The fourth-order valence-electron chi connectivity index (χ4n) is 2.31. The van der Waals surface area contributed by atoms with Gasteiger partial charge in [-0.2, -0.15) is 0 Å². The van der Waals surface area contributed by atoms with Gasteiger partial charge in [0.15, 0.2) is 0 Å². The quantitative estimate of drug-likeness (QED) is 0.700. The van der Waals surface area contributed by atoms with Crippen LogP contribution in [0.15, 0.2) is 53.4 Å². The smallest absolute Gasteiger partial charge is 0.0485 e. The van der Waals surface area contributed by atoms with Crippen molar-refractivity contribution in [3.05, 3.63) is 59.7 Å². The Hall–Kier alpha value is -1.41. The summed E-state index contributed by atoms with van der Waals surface area (Å²) in [6.45, 7) is 4.43. The van der Waals surface area contributed by atoms with Crippen molar-refractivity contribution >= 4 is 17.4 Å². The summed E-state index contributed by atoms with van der Waals surface area (Å²) in [6.07, 6.45) is 4.47. The van der Waals surface area contributed by atoms with Crippen LogP contribution < -0.4 is 5.32 Å². The molecular weight excluding hydrogens is 262 g/mol. The maximum Gasteiger partial charge on any atom is 0.0485 e. The van der Waals surface area contributed by atoms with E-state index >= 15 is 0 Å². The van der Waals surface area contributed by atoms with Crippen LogP contribution in [-0.2, 0) is 6.42 Å². The molecule has 2 aromatic carbocycles. The van der Waals surface area contributed by atoms with Crippen molar-refractivity contribution in [1.29, 1.82) is 0 Å². The van der Waals surface area contributed by atoms with Gasteiger partial charge in [0.2, 0.25) is 0 Å². The summed E-state index contributed by atoms with van der Waals surface area (Å²) in [7, 11) is 0. The van der Waals surface area contributed by atoms with E-state index in [9.17, 15) is 0 Å². The third-order valence-electron chi connectivity index (χ3n) is 3.47. The zero-order valence-electron chi connectivity index (χ0n) is 12.5. The molecule has 0 aliphatic rings. The average Bonchev–Trinajstić information content (AvgIpc) is 2.48. The Bertz CT molecular complexity index is 533. The van der Waals surface area contributed by atoms with Crippen LogP contribution in [0.3, 0.4) is 0 Å². The molecular formula is C18H23NS. The van der Waals surface area contributed by atoms with Crippen LogP contribution in [0.4, 0.5) is 5.69 Å². The van der Waals surface area contributed by atoms with E-state index in [1.807, 2.05) is 0 Å². The molecule has 0 saturated heterocycles. The van der Waals surface area contributed by atoms with Gasteiger partial charge in [0.05, 0.1) is 0 Å². The fourth-order valence-corrected chi connectivity index (χ4v) is 2.77. The highest BCUT2D eigenvalue weighted by Crippen LogP contribution is 2.23. The lowest BCUT2D eigenvalue weighted by Crippen LogP contribution is -2.06. The Morgan fingerprint density at radius 1 is 1.10 bits per heavy atom. The molecule has 2 heteroatoms. The molecule has 106 valence electrons. The lowest BCUT2D eigenvalue weighted by Gasteiger charge is -2.16. The molecule has 0 heterocycles. The molecule has 0 amide bonds. The predicted octanol–water partition coefficient (Wildman–Crippen LogP) is 5.53. The molecule has 1 atom stereocenters. The molecule has 1 unspecified atom stereocenters. The molecule has 0 fully saturated rings. The maximum absolute atomic E-state index is 3.57. The molecule has 20 heavy (non-hydrogen) atoms. The van der Waals surface area contributed by atoms with Gasteiger partial charge in [0.1, 0.15) is 0 Å². The number of nitrogens with one attached hydrogen (secondary N) is 1. The SMILES string of the molecule is CCCc1ccc(C(C)Nc2cccc(SC)c2)cc1. The van der Waals surface area contributed by atoms with E-state index in [1.165, 1.54) is 28.1 Å². The first-order valence-electron chi connectivity index (χ1n) is 7.22. The standard InChI is InChI=1S/C18H23NS/c1-4-6-15-9-11-16(12-10-15)14(2)19-17-7-5-8-18(13-17)20-3/h5,7-14,19H,4,6H2,1-3H3. The van der Waals surface area contributed by atoms with E-state index in [1.54, 1.807) is 11.8 Å². The molecule has 0 aromatic heterocycles. The van der Waals surface area contributed by atoms with E-state index in [0.29, 0.717) is 6.04 Å². The van der Waals surface area contributed by atoms with Crippen LogP contribution in [0, 0.1) is 0 Å². The summed E-state index contributed by atoms with van der Waals surface area (Å²) in [5.74, 6) is 0. The van der Waals surface area contributed by atoms with E-state index < -0.39 is 0 Å². The number of anilines is 1. The normalized spacial score (nSPS) is 12.2. The van der Waals surface area contributed by atoms with E-state index in [0.717, 1.165) is 6.42 Å². The van der Waals surface area contributed by atoms with Gasteiger partial charge in [-0.15, -0.1) is 11.8 Å². The zero-order chi connectivity index (χ0) is 14.4. The summed E-state index contributed by atoms with van der Waals surface area (Å²) in [5, 5.41) is 3.57. The van der Waals surface area contributed by atoms with E-state index in [2.05, 4.69) is 74.0 Å². The van der Waals surface area contributed by atoms with Crippen molar-refractivity contribution in [2.75, 3.05) is 11.6 Å². The fraction of sp³-hybridized carbons (Fsp3) is 0.333. The minimum Gasteiger partial charge on any atom is -0.378 e. The zero-order valence-corrected chi connectivity index (χ0v) is 13.3. The Morgan fingerprint density at radius 3 is 2.50 bits per heavy atom. The summed E-state index contributed by atoms with van der Waals surface area (Å²) in [5.41, 5.74) is 3.94. The van der Waals surface area contributed by atoms with Gasteiger partial charge in [-0.05, 0) is 48.9 Å². The van der Waals surface area contributed by atoms with Gasteiger partial charge >= 0.3 is 0 Å². The van der Waals surface area contributed by atoms with Crippen LogP contribution in [-0.4, -0.2) is 6.26 Å². The van der Waals surface area contributed by atoms with Gasteiger partial charge in [-0.25, -0.2) is 0 Å². The van der Waals surface area contributed by atoms with Gasteiger partial charge in [-0.1, -0.05) is 43.7 Å². The molecule has 2 aromatic rings. The van der Waals surface area contributed by atoms with Crippen molar-refractivity contribution in [2.24, 2.45) is 0 Å². The van der Waals surface area contributed by atoms with Crippen molar-refractivity contribution in [3.63, 3.8) is 0 Å². The third kappa shape index (κ3) is 4.04. The Morgan fingerprint density at radius 2 is 1.85 bits per heavy atom. The topological polar surface area (TPSA) is 12.0 Å². The molecule has 0 radical (unpaired) electrons. The van der Waals surface area contributed by atoms with Crippen LogP contribution in [0.2, 0.25) is 0 Å². The number of aryl methyl sites for hydroxylation is 1. The van der Waals surface area contributed by atoms with Crippen LogP contribution in [0.25, 0.3) is 0 Å². The molecule has 0 spiro atoms. The number of hydrogen-bond acceptors (Lipinski definition) is 2. The van der Waals surface area contributed by atoms with Gasteiger partial charge in [-0.3, -0.25) is 0 Å². The Balaban J connectivity index is 2.05. The summed E-state index contributed by atoms with van der Waals surface area (Å²) >= 11 is 1.77. The average molecular weight is 285 g/mol. The second-order valence-electron chi connectivity index (χ2n) is 5.09. The summed E-state index contributed by atoms with van der Waals surface area (Å²) < 4.78 is 0. The lowest BCUT2D eigenvalue weighted by molar-refractivity contribution is 0.875. The molecule has 0 saturated carbocycles. The van der Waals surface area contributed by atoms with Crippen LogP contribution in [0.5, 0.6) is 0 Å². The minimum absolute atomic E-state index is 0.322. The summed E-state index contributed by atoms with van der Waals surface area (Å²) in [4.78, 5) is 1.29. The van der Waals surface area contributed by atoms with Crippen molar-refractivity contribution in [3.8, 4) is 0 Å².